The molecule has 0 heterocycles. The average molecular weight is 285 g/mol. The fraction of sp³-hybridized carbons (Fsp3) is 0.133. The van der Waals surface area contributed by atoms with Crippen molar-refractivity contribution in [2.75, 3.05) is 11.1 Å². The van der Waals surface area contributed by atoms with E-state index in [0.29, 0.717) is 5.69 Å². The van der Waals surface area contributed by atoms with Crippen LogP contribution in [0.25, 0.3) is 0 Å². The molecule has 0 aromatic heterocycles. The third kappa shape index (κ3) is 2.84. The number of nitro groups is 1. The van der Waals surface area contributed by atoms with Gasteiger partial charge in [-0.1, -0.05) is 18.2 Å². The number of carbonyl (C=O) groups excluding carboxylic acids is 1. The summed E-state index contributed by atoms with van der Waals surface area (Å²) in [5.41, 5.74) is 8.02. The summed E-state index contributed by atoms with van der Waals surface area (Å²) in [6.45, 7) is 3.83. The maximum Gasteiger partial charge on any atom is 0.292 e. The number of nitrogen functional groups attached to an aromatic ring is 1. The van der Waals surface area contributed by atoms with E-state index in [0.717, 1.165) is 11.1 Å². The SMILES string of the molecule is Cc1cccc(NC(=O)c2cccc([N+](=O)[O-])c2N)c1C. The number of rotatable bonds is 3. The molecule has 0 aliphatic carbocycles. The van der Waals surface area contributed by atoms with E-state index in [1.165, 1.54) is 18.2 Å². The van der Waals surface area contributed by atoms with Gasteiger partial charge in [0.15, 0.2) is 0 Å². The predicted molar refractivity (Wildman–Crippen MR) is 81.4 cm³/mol. The Bertz CT molecular complexity index is 726. The highest BCUT2D eigenvalue weighted by molar-refractivity contribution is 6.09. The van der Waals surface area contributed by atoms with E-state index >= 15 is 0 Å². The average Bonchev–Trinajstić information content (AvgIpc) is 2.43. The summed E-state index contributed by atoms with van der Waals surface area (Å²) in [4.78, 5) is 22.5. The lowest BCUT2D eigenvalue weighted by atomic mass is 10.1. The van der Waals surface area contributed by atoms with Crippen LogP contribution < -0.4 is 11.1 Å². The minimum Gasteiger partial charge on any atom is -0.393 e. The van der Waals surface area contributed by atoms with E-state index < -0.39 is 10.8 Å². The summed E-state index contributed by atoms with van der Waals surface area (Å²) in [6.07, 6.45) is 0. The smallest absolute Gasteiger partial charge is 0.292 e. The van der Waals surface area contributed by atoms with Crippen molar-refractivity contribution in [1.82, 2.24) is 0 Å². The first kappa shape index (κ1) is 14.5. The van der Waals surface area contributed by atoms with Gasteiger partial charge in [-0.2, -0.15) is 0 Å². The van der Waals surface area contributed by atoms with Gasteiger partial charge in [-0.15, -0.1) is 0 Å². The molecule has 2 aromatic rings. The van der Waals surface area contributed by atoms with Crippen LogP contribution in [0.3, 0.4) is 0 Å². The lowest BCUT2D eigenvalue weighted by Crippen LogP contribution is -2.15. The molecule has 21 heavy (non-hydrogen) atoms. The van der Waals surface area contributed by atoms with Crippen molar-refractivity contribution in [2.45, 2.75) is 13.8 Å². The van der Waals surface area contributed by atoms with E-state index in [1.54, 1.807) is 6.07 Å². The Balaban J connectivity index is 2.35. The first-order valence-corrected chi connectivity index (χ1v) is 6.32. The number of nitro benzene ring substituents is 1. The molecule has 0 saturated heterocycles. The number of amides is 1. The third-order valence-corrected chi connectivity index (χ3v) is 3.38. The van der Waals surface area contributed by atoms with Crippen molar-refractivity contribution in [3.05, 3.63) is 63.2 Å². The number of hydrogen-bond acceptors (Lipinski definition) is 4. The summed E-state index contributed by atoms with van der Waals surface area (Å²) in [5, 5.41) is 13.6. The zero-order valence-electron chi connectivity index (χ0n) is 11.7. The molecule has 0 radical (unpaired) electrons. The summed E-state index contributed by atoms with van der Waals surface area (Å²) < 4.78 is 0. The predicted octanol–water partition coefficient (Wildman–Crippen LogP) is 3.05. The Morgan fingerprint density at radius 3 is 2.52 bits per heavy atom. The molecule has 0 spiro atoms. The molecule has 2 aromatic carbocycles. The van der Waals surface area contributed by atoms with Crippen LogP contribution in [0.2, 0.25) is 0 Å². The van der Waals surface area contributed by atoms with E-state index in [9.17, 15) is 14.9 Å². The van der Waals surface area contributed by atoms with Gasteiger partial charge in [0, 0.05) is 11.8 Å². The molecular formula is C15H15N3O3. The molecule has 6 nitrogen and oxygen atoms in total. The van der Waals surface area contributed by atoms with Gasteiger partial charge in [-0.05, 0) is 37.1 Å². The monoisotopic (exact) mass is 285 g/mol. The van der Waals surface area contributed by atoms with Crippen LogP contribution >= 0.6 is 0 Å². The molecule has 0 bridgehead atoms. The van der Waals surface area contributed by atoms with Crippen molar-refractivity contribution in [2.24, 2.45) is 0 Å². The molecule has 3 N–H and O–H groups in total. The highest BCUT2D eigenvalue weighted by Crippen LogP contribution is 2.26. The second-order valence-corrected chi connectivity index (χ2v) is 4.70. The molecular weight excluding hydrogens is 270 g/mol. The Kier molecular flexibility index (Phi) is 3.89. The van der Waals surface area contributed by atoms with Crippen LogP contribution in [-0.2, 0) is 0 Å². The van der Waals surface area contributed by atoms with Gasteiger partial charge >= 0.3 is 0 Å². The molecule has 6 heteroatoms. The largest absolute Gasteiger partial charge is 0.393 e. The number of benzene rings is 2. The number of anilines is 2. The van der Waals surface area contributed by atoms with Crippen molar-refractivity contribution in [1.29, 1.82) is 0 Å². The number of nitrogens with one attached hydrogen (secondary N) is 1. The normalized spacial score (nSPS) is 10.2. The van der Waals surface area contributed by atoms with Gasteiger partial charge < -0.3 is 11.1 Å². The van der Waals surface area contributed by atoms with E-state index in [4.69, 9.17) is 5.73 Å². The summed E-state index contributed by atoms with van der Waals surface area (Å²) in [5.74, 6) is -0.468. The highest BCUT2D eigenvalue weighted by Gasteiger charge is 2.19. The van der Waals surface area contributed by atoms with Gasteiger partial charge in [-0.25, -0.2) is 0 Å². The van der Waals surface area contributed by atoms with Crippen LogP contribution in [0.15, 0.2) is 36.4 Å². The fourth-order valence-electron chi connectivity index (χ4n) is 1.99. The Morgan fingerprint density at radius 1 is 1.19 bits per heavy atom. The molecule has 2 rings (SSSR count). The number of para-hydroxylation sites is 1. The summed E-state index contributed by atoms with van der Waals surface area (Å²) >= 11 is 0. The molecule has 0 aliphatic rings. The van der Waals surface area contributed by atoms with Gasteiger partial charge in [0.2, 0.25) is 0 Å². The topological polar surface area (TPSA) is 98.3 Å². The number of aryl methyl sites for hydroxylation is 1. The number of carbonyl (C=O) groups is 1. The molecule has 108 valence electrons. The number of nitrogens with two attached hydrogens (primary N) is 1. The van der Waals surface area contributed by atoms with E-state index in [-0.39, 0.29) is 16.9 Å². The number of nitrogens with zero attached hydrogens (tertiary/aromatic N) is 1. The highest BCUT2D eigenvalue weighted by atomic mass is 16.6. The van der Waals surface area contributed by atoms with Gasteiger partial charge in [0.05, 0.1) is 10.5 Å². The molecule has 0 unspecified atom stereocenters. The first-order chi connectivity index (χ1) is 9.91. The standard InChI is InChI=1S/C15H15N3O3/c1-9-5-3-7-12(10(9)2)17-15(19)11-6-4-8-13(14(11)16)18(20)21/h3-8H,16H2,1-2H3,(H,17,19). The molecule has 0 aliphatic heterocycles. The maximum absolute atomic E-state index is 12.3. The maximum atomic E-state index is 12.3. The second-order valence-electron chi connectivity index (χ2n) is 4.70. The van der Waals surface area contributed by atoms with Crippen LogP contribution in [0.4, 0.5) is 17.1 Å². The Hall–Kier alpha value is -2.89. The quantitative estimate of drug-likeness (QED) is 0.514. The lowest BCUT2D eigenvalue weighted by molar-refractivity contribution is -0.383. The molecule has 0 atom stereocenters. The third-order valence-electron chi connectivity index (χ3n) is 3.38. The first-order valence-electron chi connectivity index (χ1n) is 6.32. The van der Waals surface area contributed by atoms with Crippen LogP contribution in [0.1, 0.15) is 21.5 Å². The molecule has 0 fully saturated rings. The van der Waals surface area contributed by atoms with Gasteiger partial charge in [0.25, 0.3) is 11.6 Å². The minimum absolute atomic E-state index is 0.0881. The lowest BCUT2D eigenvalue weighted by Gasteiger charge is -2.11. The van der Waals surface area contributed by atoms with Gasteiger partial charge in [-0.3, -0.25) is 14.9 Å². The van der Waals surface area contributed by atoms with Crippen LogP contribution in [0.5, 0.6) is 0 Å². The van der Waals surface area contributed by atoms with Crippen molar-refractivity contribution >= 4 is 23.0 Å². The van der Waals surface area contributed by atoms with Crippen LogP contribution in [-0.4, -0.2) is 10.8 Å². The van der Waals surface area contributed by atoms with Crippen molar-refractivity contribution in [3.63, 3.8) is 0 Å². The summed E-state index contributed by atoms with van der Waals surface area (Å²) in [6, 6.07) is 9.70. The number of hydrogen-bond donors (Lipinski definition) is 2. The van der Waals surface area contributed by atoms with Crippen molar-refractivity contribution in [3.8, 4) is 0 Å². The Labute approximate surface area is 121 Å². The molecule has 1 amide bonds. The second kappa shape index (κ2) is 5.62. The van der Waals surface area contributed by atoms with E-state index in [2.05, 4.69) is 5.32 Å². The summed E-state index contributed by atoms with van der Waals surface area (Å²) in [7, 11) is 0. The fourth-order valence-corrected chi connectivity index (χ4v) is 1.99. The van der Waals surface area contributed by atoms with Crippen molar-refractivity contribution < 1.29 is 9.72 Å². The zero-order chi connectivity index (χ0) is 15.6. The minimum atomic E-state index is -0.607. The van der Waals surface area contributed by atoms with E-state index in [1.807, 2.05) is 26.0 Å². The zero-order valence-corrected chi connectivity index (χ0v) is 11.7. The Morgan fingerprint density at radius 2 is 1.86 bits per heavy atom. The van der Waals surface area contributed by atoms with Crippen LogP contribution in [0, 0.1) is 24.0 Å². The molecule has 0 saturated carbocycles. The van der Waals surface area contributed by atoms with Gasteiger partial charge in [0.1, 0.15) is 5.69 Å².